The summed E-state index contributed by atoms with van der Waals surface area (Å²) >= 11 is 9.26. The maximum Gasteiger partial charge on any atom is 0.122 e. The topological polar surface area (TPSA) is 25.2 Å². The number of hydrogen-bond donors (Lipinski definition) is 1. The predicted molar refractivity (Wildman–Crippen MR) is 45.5 cm³/mol. The van der Waals surface area contributed by atoms with Crippen LogP contribution in [0.3, 0.4) is 0 Å². The van der Waals surface area contributed by atoms with Gasteiger partial charge in [-0.15, -0.1) is 0 Å². The van der Waals surface area contributed by atoms with Gasteiger partial charge in [-0.3, -0.25) is 0 Å². The van der Waals surface area contributed by atoms with E-state index in [1.807, 2.05) is 12.1 Å². The van der Waals surface area contributed by atoms with Gasteiger partial charge in [0.15, 0.2) is 0 Å². The van der Waals surface area contributed by atoms with Gasteiger partial charge in [-0.25, -0.2) is 0 Å². The van der Waals surface area contributed by atoms with Crippen molar-refractivity contribution in [1.82, 2.24) is 5.32 Å². The molecule has 0 atom stereocenters. The van der Waals surface area contributed by atoms with Crippen molar-refractivity contribution in [3.8, 4) is 0 Å². The van der Waals surface area contributed by atoms with Crippen molar-refractivity contribution in [3.05, 3.63) is 24.2 Å². The third kappa shape index (κ3) is 2.33. The number of nitrogens with one attached hydrogen (secondary N) is 1. The second-order valence-electron chi connectivity index (χ2n) is 1.72. The Morgan fingerprint density at radius 1 is 1.80 bits per heavy atom. The molecule has 1 aromatic rings. The first-order valence-electron chi connectivity index (χ1n) is 2.76. The lowest BCUT2D eigenvalue weighted by molar-refractivity contribution is 0.504. The standard InChI is InChI=1S/C6H7NOS2/c9-6(10)7-4-5-2-1-3-8-5/h1-3H,4H2,(H2,7,9,10)/p-1. The summed E-state index contributed by atoms with van der Waals surface area (Å²) in [5, 5.41) is 2.80. The van der Waals surface area contributed by atoms with Gasteiger partial charge in [0.05, 0.1) is 12.8 Å². The van der Waals surface area contributed by atoms with Crippen LogP contribution in [-0.4, -0.2) is 4.32 Å². The van der Waals surface area contributed by atoms with Gasteiger partial charge in [-0.2, -0.15) is 0 Å². The Hall–Kier alpha value is -0.610. The highest BCUT2D eigenvalue weighted by Crippen LogP contribution is 1.97. The number of thiocarbonyl (C=S) groups is 1. The van der Waals surface area contributed by atoms with E-state index in [0.717, 1.165) is 5.76 Å². The van der Waals surface area contributed by atoms with Crippen LogP contribution in [0.1, 0.15) is 5.76 Å². The summed E-state index contributed by atoms with van der Waals surface area (Å²) < 4.78 is 5.39. The highest BCUT2D eigenvalue weighted by molar-refractivity contribution is 8.00. The molecule has 54 valence electrons. The van der Waals surface area contributed by atoms with E-state index in [1.54, 1.807) is 6.26 Å². The first kappa shape index (κ1) is 7.50. The summed E-state index contributed by atoms with van der Waals surface area (Å²) in [6.07, 6.45) is 1.61. The van der Waals surface area contributed by atoms with Crippen molar-refractivity contribution >= 4 is 29.2 Å². The Bertz CT molecular complexity index is 208. The third-order valence-corrected chi connectivity index (χ3v) is 1.28. The van der Waals surface area contributed by atoms with Crippen molar-refractivity contribution in [2.45, 2.75) is 6.54 Å². The van der Waals surface area contributed by atoms with E-state index in [-0.39, 0.29) is 0 Å². The molecule has 0 aliphatic rings. The SMILES string of the molecule is S=C([S-])NCc1ccco1. The zero-order chi connectivity index (χ0) is 7.40. The van der Waals surface area contributed by atoms with Gasteiger partial charge in [0.1, 0.15) is 5.76 Å². The Labute approximate surface area is 70.0 Å². The van der Waals surface area contributed by atoms with Gasteiger partial charge in [-0.1, -0.05) is 4.32 Å². The Balaban J connectivity index is 2.35. The lowest BCUT2D eigenvalue weighted by atomic mass is 10.4. The molecule has 0 spiro atoms. The van der Waals surface area contributed by atoms with Crippen LogP contribution in [0.2, 0.25) is 0 Å². The first-order chi connectivity index (χ1) is 4.79. The van der Waals surface area contributed by atoms with Gasteiger partial charge in [0.25, 0.3) is 0 Å². The summed E-state index contributed by atoms with van der Waals surface area (Å²) in [5.74, 6) is 0.840. The molecule has 0 bridgehead atoms. The Morgan fingerprint density at radius 3 is 3.10 bits per heavy atom. The van der Waals surface area contributed by atoms with E-state index in [4.69, 9.17) is 4.42 Å². The quantitative estimate of drug-likeness (QED) is 0.535. The van der Waals surface area contributed by atoms with Crippen molar-refractivity contribution in [1.29, 1.82) is 0 Å². The molecule has 1 rings (SSSR count). The second kappa shape index (κ2) is 3.53. The molecule has 0 saturated carbocycles. The molecule has 0 saturated heterocycles. The molecule has 1 heterocycles. The number of hydrogen-bond acceptors (Lipinski definition) is 3. The largest absolute Gasteiger partial charge is 0.467 e. The van der Waals surface area contributed by atoms with Crippen LogP contribution in [0.4, 0.5) is 0 Å². The van der Waals surface area contributed by atoms with Crippen molar-refractivity contribution < 1.29 is 4.42 Å². The minimum Gasteiger partial charge on any atom is -0.467 e. The molecular weight excluding hydrogens is 166 g/mol. The fraction of sp³-hybridized carbons (Fsp3) is 0.167. The maximum atomic E-state index is 5.02. The highest BCUT2D eigenvalue weighted by Gasteiger charge is 1.90. The summed E-state index contributed by atoms with van der Waals surface area (Å²) in [5.41, 5.74) is 0. The van der Waals surface area contributed by atoms with Crippen LogP contribution in [0.15, 0.2) is 22.8 Å². The minimum absolute atomic E-state index is 0.372. The van der Waals surface area contributed by atoms with Crippen LogP contribution in [0.25, 0.3) is 0 Å². The van der Waals surface area contributed by atoms with E-state index in [9.17, 15) is 0 Å². The van der Waals surface area contributed by atoms with Crippen LogP contribution in [0.5, 0.6) is 0 Å². The lowest BCUT2D eigenvalue weighted by Gasteiger charge is -2.05. The van der Waals surface area contributed by atoms with E-state index in [1.165, 1.54) is 0 Å². The molecular formula is C6H6NOS2-. The van der Waals surface area contributed by atoms with Crippen molar-refractivity contribution in [2.24, 2.45) is 0 Å². The van der Waals surface area contributed by atoms with Crippen LogP contribution < -0.4 is 5.32 Å². The van der Waals surface area contributed by atoms with E-state index < -0.39 is 0 Å². The van der Waals surface area contributed by atoms with Crippen molar-refractivity contribution in [3.63, 3.8) is 0 Å². The molecule has 0 radical (unpaired) electrons. The second-order valence-corrected chi connectivity index (χ2v) is 2.80. The number of rotatable bonds is 2. The summed E-state index contributed by atoms with van der Waals surface area (Å²) in [6.45, 7) is 0.579. The van der Waals surface area contributed by atoms with Gasteiger partial charge in [-0.05, 0) is 12.1 Å². The van der Waals surface area contributed by atoms with E-state index in [2.05, 4.69) is 30.2 Å². The van der Waals surface area contributed by atoms with Crippen LogP contribution in [-0.2, 0) is 19.2 Å². The molecule has 4 heteroatoms. The fourth-order valence-electron chi connectivity index (χ4n) is 0.572. The zero-order valence-electron chi connectivity index (χ0n) is 5.16. The van der Waals surface area contributed by atoms with Gasteiger partial charge in [0.2, 0.25) is 0 Å². The smallest absolute Gasteiger partial charge is 0.122 e. The Kier molecular flexibility index (Phi) is 2.65. The van der Waals surface area contributed by atoms with Gasteiger partial charge >= 0.3 is 0 Å². The molecule has 0 unspecified atom stereocenters. The fourth-order valence-corrected chi connectivity index (χ4v) is 0.717. The maximum absolute atomic E-state index is 5.02. The molecule has 0 aromatic carbocycles. The molecule has 10 heavy (non-hydrogen) atoms. The average Bonchev–Trinajstić information content (AvgIpc) is 2.34. The van der Waals surface area contributed by atoms with Crippen LogP contribution in [0, 0.1) is 0 Å². The highest BCUT2D eigenvalue weighted by atomic mass is 32.1. The van der Waals surface area contributed by atoms with Gasteiger partial charge < -0.3 is 34.6 Å². The molecule has 1 aromatic heterocycles. The summed E-state index contributed by atoms with van der Waals surface area (Å²) in [4.78, 5) is 0. The van der Waals surface area contributed by atoms with Gasteiger partial charge in [0, 0.05) is 0 Å². The monoisotopic (exact) mass is 172 g/mol. The molecule has 0 fully saturated rings. The van der Waals surface area contributed by atoms with E-state index in [0.29, 0.717) is 10.9 Å². The Morgan fingerprint density at radius 2 is 2.60 bits per heavy atom. The predicted octanol–water partition coefficient (Wildman–Crippen LogP) is 1.20. The average molecular weight is 172 g/mol. The van der Waals surface area contributed by atoms with E-state index >= 15 is 0 Å². The van der Waals surface area contributed by atoms with Crippen molar-refractivity contribution in [2.75, 3.05) is 0 Å². The summed E-state index contributed by atoms with van der Waals surface area (Å²) in [6, 6.07) is 3.68. The molecule has 0 aliphatic heterocycles. The first-order valence-corrected chi connectivity index (χ1v) is 3.58. The van der Waals surface area contributed by atoms with Crippen LogP contribution >= 0.6 is 12.2 Å². The molecule has 0 aliphatic carbocycles. The molecule has 1 N–H and O–H groups in total. The normalized spacial score (nSPS) is 9.20. The number of furan rings is 1. The zero-order valence-corrected chi connectivity index (χ0v) is 6.80. The summed E-state index contributed by atoms with van der Waals surface area (Å²) in [7, 11) is 0. The lowest BCUT2D eigenvalue weighted by Crippen LogP contribution is -2.17. The molecule has 2 nitrogen and oxygen atoms in total. The third-order valence-electron chi connectivity index (χ3n) is 0.987. The molecule has 0 amide bonds. The minimum atomic E-state index is 0.372.